The van der Waals surface area contributed by atoms with Gasteiger partial charge in [0, 0.05) is 21.2 Å². The number of ether oxygens (including phenoxy) is 2. The van der Waals surface area contributed by atoms with Crippen molar-refractivity contribution in [3.8, 4) is 5.75 Å². The average Bonchev–Trinajstić information content (AvgIpc) is 2.78. The predicted molar refractivity (Wildman–Crippen MR) is 121 cm³/mol. The highest BCUT2D eigenvalue weighted by molar-refractivity contribution is 6.31. The second kappa shape index (κ2) is 10.3. The molecule has 0 aliphatic carbocycles. The molecular weight excluding hydrogens is 437 g/mol. The first-order valence-corrected chi connectivity index (χ1v) is 10.3. The minimum atomic E-state index is -0.433. The third-order valence-corrected chi connectivity index (χ3v) is 5.17. The molecule has 31 heavy (non-hydrogen) atoms. The Kier molecular flexibility index (Phi) is 7.55. The third kappa shape index (κ3) is 6.00. The van der Waals surface area contributed by atoms with E-state index in [1.54, 1.807) is 60.7 Å². The van der Waals surface area contributed by atoms with Crippen molar-refractivity contribution < 1.29 is 19.1 Å². The lowest BCUT2D eigenvalue weighted by Gasteiger charge is -2.17. The van der Waals surface area contributed by atoms with Crippen LogP contribution >= 0.6 is 23.2 Å². The molecule has 0 bridgehead atoms. The van der Waals surface area contributed by atoms with E-state index in [1.165, 1.54) is 7.11 Å². The van der Waals surface area contributed by atoms with Crippen LogP contribution in [0.5, 0.6) is 5.75 Å². The number of amides is 1. The van der Waals surface area contributed by atoms with E-state index in [-0.39, 0.29) is 18.6 Å². The van der Waals surface area contributed by atoms with Gasteiger partial charge in [0.25, 0.3) is 5.91 Å². The number of rotatable bonds is 7. The van der Waals surface area contributed by atoms with Gasteiger partial charge in [-0.3, -0.25) is 4.79 Å². The first kappa shape index (κ1) is 22.7. The molecule has 0 saturated heterocycles. The normalized spacial score (nSPS) is 11.5. The van der Waals surface area contributed by atoms with Crippen molar-refractivity contribution in [2.24, 2.45) is 0 Å². The van der Waals surface area contributed by atoms with Crippen molar-refractivity contribution in [3.05, 3.63) is 99.0 Å². The van der Waals surface area contributed by atoms with Crippen LogP contribution in [0.1, 0.15) is 44.8 Å². The highest BCUT2D eigenvalue weighted by atomic mass is 35.5. The van der Waals surface area contributed by atoms with Crippen LogP contribution in [-0.4, -0.2) is 19.0 Å². The molecule has 0 radical (unpaired) electrons. The number of hydrogen-bond donors (Lipinski definition) is 1. The zero-order chi connectivity index (χ0) is 22.4. The Labute approximate surface area is 190 Å². The summed E-state index contributed by atoms with van der Waals surface area (Å²) < 4.78 is 10.5. The lowest BCUT2D eigenvalue weighted by Crippen LogP contribution is -2.28. The quantitative estimate of drug-likeness (QED) is 0.451. The van der Waals surface area contributed by atoms with E-state index in [0.717, 1.165) is 5.56 Å². The highest BCUT2D eigenvalue weighted by Gasteiger charge is 2.17. The number of nitrogens with one attached hydrogen (secondary N) is 1. The van der Waals surface area contributed by atoms with E-state index in [2.05, 4.69) is 5.32 Å². The van der Waals surface area contributed by atoms with Crippen molar-refractivity contribution in [2.75, 3.05) is 7.11 Å². The van der Waals surface area contributed by atoms with Crippen molar-refractivity contribution in [2.45, 2.75) is 19.6 Å². The van der Waals surface area contributed by atoms with Gasteiger partial charge in [0.15, 0.2) is 0 Å². The van der Waals surface area contributed by atoms with Crippen LogP contribution in [0.25, 0.3) is 0 Å². The molecule has 0 aromatic heterocycles. The van der Waals surface area contributed by atoms with Crippen LogP contribution in [0.15, 0.2) is 66.7 Å². The summed E-state index contributed by atoms with van der Waals surface area (Å²) in [6.07, 6.45) is 0. The number of methoxy groups -OCH3 is 1. The Bertz CT molecular complexity index is 1080. The summed E-state index contributed by atoms with van der Waals surface area (Å²) in [7, 11) is 1.33. The SMILES string of the molecule is COC(=O)c1cccc([C@H](C)NC(=O)c2cc(Cl)ccc2COc2ccc(Cl)cc2)c1. The number of carbonyl (C=O) groups excluding carboxylic acids is 2. The fourth-order valence-corrected chi connectivity index (χ4v) is 3.29. The molecule has 1 amide bonds. The largest absolute Gasteiger partial charge is 0.489 e. The summed E-state index contributed by atoms with van der Waals surface area (Å²) in [6.45, 7) is 2.02. The molecule has 7 heteroatoms. The molecule has 3 aromatic carbocycles. The molecule has 0 aliphatic rings. The van der Waals surface area contributed by atoms with E-state index in [9.17, 15) is 9.59 Å². The standard InChI is InChI=1S/C24H21Cl2NO4/c1-15(16-4-3-5-17(12-16)24(29)30-2)27-23(28)22-13-20(26)7-6-18(22)14-31-21-10-8-19(25)9-11-21/h3-13,15H,14H2,1-2H3,(H,27,28)/t15-/m0/s1. The molecule has 0 spiro atoms. The number of hydrogen-bond acceptors (Lipinski definition) is 4. The number of halogens is 2. The molecule has 0 saturated carbocycles. The number of carbonyl (C=O) groups is 2. The fraction of sp³-hybridized carbons (Fsp3) is 0.167. The van der Waals surface area contributed by atoms with Gasteiger partial charge in [-0.2, -0.15) is 0 Å². The van der Waals surface area contributed by atoms with Gasteiger partial charge in [0.05, 0.1) is 18.7 Å². The minimum Gasteiger partial charge on any atom is -0.489 e. The first-order valence-electron chi connectivity index (χ1n) is 9.53. The van der Waals surface area contributed by atoms with E-state index < -0.39 is 5.97 Å². The Balaban J connectivity index is 1.75. The molecule has 5 nitrogen and oxygen atoms in total. The van der Waals surface area contributed by atoms with Gasteiger partial charge in [0.2, 0.25) is 0 Å². The maximum absolute atomic E-state index is 13.0. The molecule has 1 N–H and O–H groups in total. The predicted octanol–water partition coefficient (Wildman–Crippen LogP) is 5.85. The van der Waals surface area contributed by atoms with Gasteiger partial charge in [-0.25, -0.2) is 4.79 Å². The first-order chi connectivity index (χ1) is 14.9. The van der Waals surface area contributed by atoms with Crippen LogP contribution in [0, 0.1) is 0 Å². The van der Waals surface area contributed by atoms with Gasteiger partial charge < -0.3 is 14.8 Å². The molecule has 0 heterocycles. The topological polar surface area (TPSA) is 64.6 Å². The zero-order valence-corrected chi connectivity index (χ0v) is 18.5. The lowest BCUT2D eigenvalue weighted by atomic mass is 10.0. The monoisotopic (exact) mass is 457 g/mol. The van der Waals surface area contributed by atoms with Crippen LogP contribution in [0.3, 0.4) is 0 Å². The van der Waals surface area contributed by atoms with Crippen molar-refractivity contribution >= 4 is 35.1 Å². The fourth-order valence-electron chi connectivity index (χ4n) is 2.99. The summed E-state index contributed by atoms with van der Waals surface area (Å²) in [5.74, 6) is -0.0938. The van der Waals surface area contributed by atoms with Gasteiger partial charge in [-0.15, -0.1) is 0 Å². The Morgan fingerprint density at radius 3 is 2.39 bits per heavy atom. The Hall–Kier alpha value is -3.02. The third-order valence-electron chi connectivity index (χ3n) is 4.68. The second-order valence-corrected chi connectivity index (χ2v) is 7.73. The van der Waals surface area contributed by atoms with Gasteiger partial charge in [-0.1, -0.05) is 41.4 Å². The molecule has 160 valence electrons. The van der Waals surface area contributed by atoms with Gasteiger partial charge >= 0.3 is 5.97 Å². The van der Waals surface area contributed by atoms with Crippen LogP contribution in [0.4, 0.5) is 0 Å². The molecule has 0 aliphatic heterocycles. The molecule has 0 fully saturated rings. The van der Waals surface area contributed by atoms with Crippen molar-refractivity contribution in [3.63, 3.8) is 0 Å². The molecule has 0 unspecified atom stereocenters. The Morgan fingerprint density at radius 1 is 0.968 bits per heavy atom. The smallest absolute Gasteiger partial charge is 0.337 e. The Morgan fingerprint density at radius 2 is 1.68 bits per heavy atom. The molecule has 1 atom stereocenters. The van der Waals surface area contributed by atoms with Crippen molar-refractivity contribution in [1.29, 1.82) is 0 Å². The minimum absolute atomic E-state index is 0.188. The number of esters is 1. The summed E-state index contributed by atoms with van der Waals surface area (Å²) in [5.41, 5.74) is 2.29. The van der Waals surface area contributed by atoms with E-state index in [4.69, 9.17) is 32.7 Å². The zero-order valence-electron chi connectivity index (χ0n) is 17.0. The van der Waals surface area contributed by atoms with Crippen LogP contribution < -0.4 is 10.1 Å². The van der Waals surface area contributed by atoms with Crippen LogP contribution in [-0.2, 0) is 11.3 Å². The summed E-state index contributed by atoms with van der Waals surface area (Å²) in [4.78, 5) is 24.8. The molecule has 3 rings (SSSR count). The second-order valence-electron chi connectivity index (χ2n) is 6.86. The molecule has 3 aromatic rings. The highest BCUT2D eigenvalue weighted by Crippen LogP contribution is 2.22. The molecular formula is C24H21Cl2NO4. The van der Waals surface area contributed by atoms with E-state index in [1.807, 2.05) is 13.0 Å². The maximum Gasteiger partial charge on any atom is 0.337 e. The average molecular weight is 458 g/mol. The van der Waals surface area contributed by atoms with E-state index in [0.29, 0.717) is 32.5 Å². The summed E-state index contributed by atoms with van der Waals surface area (Å²) in [5, 5.41) is 4.01. The number of benzene rings is 3. The summed E-state index contributed by atoms with van der Waals surface area (Å²) in [6, 6.07) is 18.6. The van der Waals surface area contributed by atoms with E-state index >= 15 is 0 Å². The van der Waals surface area contributed by atoms with Crippen molar-refractivity contribution in [1.82, 2.24) is 5.32 Å². The van der Waals surface area contributed by atoms with Gasteiger partial charge in [0.1, 0.15) is 12.4 Å². The van der Waals surface area contributed by atoms with Crippen LogP contribution in [0.2, 0.25) is 10.0 Å². The lowest BCUT2D eigenvalue weighted by molar-refractivity contribution is 0.0600. The maximum atomic E-state index is 13.0. The summed E-state index contributed by atoms with van der Waals surface area (Å²) >= 11 is 12.0. The van der Waals surface area contributed by atoms with Gasteiger partial charge in [-0.05, 0) is 61.0 Å².